The molecule has 0 heterocycles. The van der Waals surface area contributed by atoms with Crippen molar-refractivity contribution in [2.24, 2.45) is 17.3 Å². The van der Waals surface area contributed by atoms with E-state index in [2.05, 4.69) is 13.8 Å². The summed E-state index contributed by atoms with van der Waals surface area (Å²) in [5.41, 5.74) is 15.6. The zero-order valence-corrected chi connectivity index (χ0v) is 26.7. The van der Waals surface area contributed by atoms with Crippen molar-refractivity contribution in [3.05, 3.63) is 95.6 Å². The zero-order valence-electron chi connectivity index (χ0n) is 26.7. The monoisotopic (exact) mass is 618 g/mol. The van der Waals surface area contributed by atoms with Crippen LogP contribution in [0.4, 0.5) is 20.2 Å². The molecule has 2 unspecified atom stereocenters. The second-order valence-electron chi connectivity index (χ2n) is 13.0. The van der Waals surface area contributed by atoms with Crippen LogP contribution in [0, 0.1) is 17.3 Å². The van der Waals surface area contributed by atoms with Crippen LogP contribution < -0.4 is 16.2 Å². The van der Waals surface area contributed by atoms with Crippen molar-refractivity contribution in [1.29, 1.82) is 0 Å². The number of esters is 1. The number of nitrogens with two attached hydrogens (primary N) is 2. The quantitative estimate of drug-likeness (QED) is 0.0767. The molecule has 1 aliphatic rings. The summed E-state index contributed by atoms with van der Waals surface area (Å²) in [6.07, 6.45) is 8.40. The summed E-state index contributed by atoms with van der Waals surface area (Å²) in [6, 6.07) is 21.8. The topological polar surface area (TPSA) is 87.6 Å². The van der Waals surface area contributed by atoms with E-state index in [1.54, 1.807) is 18.2 Å². The highest BCUT2D eigenvalue weighted by atomic mass is 19.3. The Bertz CT molecular complexity index is 1320. The summed E-state index contributed by atoms with van der Waals surface area (Å²) < 4.78 is 41.1. The molecular weight excluding hydrogens is 570 g/mol. The Morgan fingerprint density at radius 2 is 1.49 bits per heavy atom. The van der Waals surface area contributed by atoms with E-state index in [1.807, 2.05) is 48.5 Å². The minimum Gasteiger partial charge on any atom is -0.462 e. The lowest BCUT2D eigenvalue weighted by Gasteiger charge is -2.34. The number of hydrogen-bond acceptors (Lipinski definition) is 5. The maximum atomic E-state index is 15.1. The number of nitrogen functional groups attached to an aromatic ring is 2. The first kappa shape index (κ1) is 34.0. The molecule has 3 aromatic carbocycles. The number of alkyl halides is 2. The van der Waals surface area contributed by atoms with E-state index in [0.717, 1.165) is 49.7 Å². The summed E-state index contributed by atoms with van der Waals surface area (Å²) in [6.45, 7) is 4.45. The van der Waals surface area contributed by atoms with Gasteiger partial charge in [0.15, 0.2) is 0 Å². The number of unbranched alkanes of at least 4 members (excludes halogenated alkanes) is 2. The Labute approximate surface area is 267 Å². The second kappa shape index (κ2) is 15.9. The van der Waals surface area contributed by atoms with Gasteiger partial charge in [0.2, 0.25) is 0 Å². The maximum Gasteiger partial charge on any atom is 0.400 e. The molecule has 7 heteroatoms. The van der Waals surface area contributed by atoms with Gasteiger partial charge in [-0.15, -0.1) is 0 Å². The number of ether oxygens (including phenoxy) is 2. The molecule has 0 bridgehead atoms. The van der Waals surface area contributed by atoms with Gasteiger partial charge in [-0.3, -0.25) is 0 Å². The zero-order chi connectivity index (χ0) is 32.3. The van der Waals surface area contributed by atoms with Gasteiger partial charge in [0.1, 0.15) is 5.75 Å². The van der Waals surface area contributed by atoms with Crippen molar-refractivity contribution in [2.45, 2.75) is 84.2 Å². The van der Waals surface area contributed by atoms with E-state index in [1.165, 1.54) is 18.2 Å². The molecule has 1 aliphatic carbocycles. The lowest BCUT2D eigenvalue weighted by molar-refractivity contribution is -0.225. The lowest BCUT2D eigenvalue weighted by atomic mass is 9.78. The SMILES string of the molecule is CCCCCC1CCCC(C(F)(F)Oc2ccc(C=CC(=O)OCC(C)(Cc3ccc(N)cc3)Cc3ccc(N)cc3)cc2)C1. The van der Waals surface area contributed by atoms with E-state index in [-0.39, 0.29) is 17.8 Å². The first-order valence-electron chi connectivity index (χ1n) is 16.2. The number of carbonyl (C=O) groups is 1. The fourth-order valence-corrected chi connectivity index (χ4v) is 6.31. The molecule has 0 radical (unpaired) electrons. The number of benzene rings is 3. The van der Waals surface area contributed by atoms with Gasteiger partial charge in [0.05, 0.1) is 12.5 Å². The van der Waals surface area contributed by atoms with Gasteiger partial charge in [-0.2, -0.15) is 8.78 Å². The first-order chi connectivity index (χ1) is 21.5. The Morgan fingerprint density at radius 3 is 2.07 bits per heavy atom. The molecule has 0 aliphatic heterocycles. The van der Waals surface area contributed by atoms with Gasteiger partial charge >= 0.3 is 12.1 Å². The third-order valence-electron chi connectivity index (χ3n) is 8.80. The minimum atomic E-state index is -3.21. The van der Waals surface area contributed by atoms with Gasteiger partial charge in [-0.05, 0) is 90.8 Å². The van der Waals surface area contributed by atoms with Crippen LogP contribution in [0.2, 0.25) is 0 Å². The Kier molecular flexibility index (Phi) is 12.0. The molecule has 1 saturated carbocycles. The normalized spacial score (nSPS) is 17.3. The number of hydrogen-bond donors (Lipinski definition) is 2. The van der Waals surface area contributed by atoms with Gasteiger partial charge in [0.25, 0.3) is 0 Å². The average molecular weight is 619 g/mol. The van der Waals surface area contributed by atoms with E-state index >= 15 is 8.78 Å². The van der Waals surface area contributed by atoms with Crippen molar-refractivity contribution in [3.8, 4) is 5.75 Å². The Morgan fingerprint density at radius 1 is 0.889 bits per heavy atom. The molecule has 0 amide bonds. The van der Waals surface area contributed by atoms with Gasteiger partial charge in [-0.25, -0.2) is 4.79 Å². The molecule has 0 aromatic heterocycles. The first-order valence-corrected chi connectivity index (χ1v) is 16.2. The average Bonchev–Trinajstić information content (AvgIpc) is 3.02. The van der Waals surface area contributed by atoms with Crippen molar-refractivity contribution in [3.63, 3.8) is 0 Å². The van der Waals surface area contributed by atoms with Crippen LogP contribution in [0.15, 0.2) is 78.9 Å². The molecule has 4 rings (SSSR count). The van der Waals surface area contributed by atoms with Crippen molar-refractivity contribution in [2.75, 3.05) is 18.1 Å². The molecular formula is C38H48F2N2O3. The van der Waals surface area contributed by atoms with Crippen LogP contribution in [0.25, 0.3) is 6.08 Å². The Hall–Kier alpha value is -3.87. The van der Waals surface area contributed by atoms with Crippen molar-refractivity contribution < 1.29 is 23.0 Å². The van der Waals surface area contributed by atoms with E-state index < -0.39 is 18.0 Å². The fraction of sp³-hybridized carbons (Fsp3) is 0.447. The number of halogens is 2. The van der Waals surface area contributed by atoms with Gasteiger partial charge < -0.3 is 20.9 Å². The van der Waals surface area contributed by atoms with Crippen LogP contribution in [0.3, 0.4) is 0 Å². The third kappa shape index (κ3) is 10.9. The molecule has 2 atom stereocenters. The van der Waals surface area contributed by atoms with E-state index in [4.69, 9.17) is 20.9 Å². The molecule has 0 spiro atoms. The standard InChI is InChI=1S/C38H48F2N2O3/c1-3-4-5-7-29-8-6-9-32(24-29)38(39,40)45-35-21-14-28(15-22-35)16-23-36(43)44-27-37(2,25-30-10-17-33(41)18-11-30)26-31-12-19-34(42)20-13-31/h10-23,29,32H,3-9,24-27,41-42H2,1-2H3. The largest absolute Gasteiger partial charge is 0.462 e. The fourth-order valence-electron chi connectivity index (χ4n) is 6.31. The number of anilines is 2. The predicted molar refractivity (Wildman–Crippen MR) is 179 cm³/mol. The summed E-state index contributed by atoms with van der Waals surface area (Å²) in [7, 11) is 0. The summed E-state index contributed by atoms with van der Waals surface area (Å²) in [5.74, 6) is -0.772. The highest BCUT2D eigenvalue weighted by Crippen LogP contribution is 2.42. The van der Waals surface area contributed by atoms with Crippen molar-refractivity contribution in [1.82, 2.24) is 0 Å². The molecule has 5 nitrogen and oxygen atoms in total. The molecule has 4 N–H and O–H groups in total. The molecule has 45 heavy (non-hydrogen) atoms. The highest BCUT2D eigenvalue weighted by Gasteiger charge is 2.44. The number of carbonyl (C=O) groups excluding carboxylic acids is 1. The second-order valence-corrected chi connectivity index (χ2v) is 13.0. The smallest absolute Gasteiger partial charge is 0.400 e. The molecule has 0 saturated heterocycles. The summed E-state index contributed by atoms with van der Waals surface area (Å²) in [4.78, 5) is 12.7. The lowest BCUT2D eigenvalue weighted by Crippen LogP contribution is -2.37. The van der Waals surface area contributed by atoms with E-state index in [0.29, 0.717) is 48.5 Å². The predicted octanol–water partition coefficient (Wildman–Crippen LogP) is 9.26. The summed E-state index contributed by atoms with van der Waals surface area (Å²) in [5, 5.41) is 0. The van der Waals surface area contributed by atoms with Crippen molar-refractivity contribution >= 4 is 23.4 Å². The van der Waals surface area contributed by atoms with E-state index in [9.17, 15) is 4.79 Å². The van der Waals surface area contributed by atoms with Gasteiger partial charge in [0, 0.05) is 22.9 Å². The van der Waals surface area contributed by atoms with Crippen LogP contribution in [-0.4, -0.2) is 18.7 Å². The number of rotatable bonds is 15. The third-order valence-corrected chi connectivity index (χ3v) is 8.80. The summed E-state index contributed by atoms with van der Waals surface area (Å²) >= 11 is 0. The minimum absolute atomic E-state index is 0.119. The Balaban J connectivity index is 1.32. The highest BCUT2D eigenvalue weighted by molar-refractivity contribution is 5.87. The van der Waals surface area contributed by atoms with Crippen LogP contribution >= 0.6 is 0 Å². The maximum absolute atomic E-state index is 15.1. The van der Waals surface area contributed by atoms with Crippen LogP contribution in [0.5, 0.6) is 5.75 Å². The van der Waals surface area contributed by atoms with Crippen LogP contribution in [-0.2, 0) is 22.4 Å². The van der Waals surface area contributed by atoms with Crippen LogP contribution in [0.1, 0.15) is 81.9 Å². The molecule has 242 valence electrons. The van der Waals surface area contributed by atoms with Gasteiger partial charge in [-0.1, -0.05) is 88.8 Å². The molecule has 1 fully saturated rings. The molecule has 3 aromatic rings.